The number of hydrogen-bond acceptors (Lipinski definition) is 5. The molecule has 0 bridgehead atoms. The number of nitrogens with zero attached hydrogens (tertiary/aromatic N) is 1. The third kappa shape index (κ3) is 5.46. The summed E-state index contributed by atoms with van der Waals surface area (Å²) in [5, 5.41) is 6.91. The van der Waals surface area contributed by atoms with Crippen molar-refractivity contribution in [1.82, 2.24) is 15.6 Å². The fourth-order valence-corrected chi connectivity index (χ4v) is 2.59. The van der Waals surface area contributed by atoms with Gasteiger partial charge in [-0.1, -0.05) is 20.3 Å². The number of rotatable bonds is 4. The van der Waals surface area contributed by atoms with Crippen molar-refractivity contribution in [3.05, 3.63) is 18.0 Å². The van der Waals surface area contributed by atoms with Crippen LogP contribution in [0.3, 0.4) is 0 Å². The Hall–Kier alpha value is -1.33. The molecule has 1 unspecified atom stereocenters. The summed E-state index contributed by atoms with van der Waals surface area (Å²) in [5.74, 6) is 2.31. The highest BCUT2D eigenvalue weighted by Crippen LogP contribution is 2.29. The molecule has 2 aliphatic heterocycles. The fourth-order valence-electron chi connectivity index (χ4n) is 2.59. The third-order valence-corrected chi connectivity index (χ3v) is 3.62. The number of nitrogens with one attached hydrogen (secondary N) is 2. The molecule has 1 saturated heterocycles. The number of hydrogen-bond donors (Lipinski definition) is 2. The minimum Gasteiger partial charge on any atom is -0.486 e. The van der Waals surface area contributed by atoms with Crippen LogP contribution in [0.5, 0.6) is 11.5 Å². The molecule has 3 heterocycles. The number of piperidine rings is 1. The van der Waals surface area contributed by atoms with E-state index in [1.165, 1.54) is 25.8 Å². The molecular weight excluding hydrogens is 278 g/mol. The molecule has 1 atom stereocenters. The minimum atomic E-state index is 0.612. The Morgan fingerprint density at radius 1 is 1.27 bits per heavy atom. The average Bonchev–Trinajstić information content (AvgIpc) is 2.56. The smallest absolute Gasteiger partial charge is 0.179 e. The van der Waals surface area contributed by atoms with Crippen molar-refractivity contribution in [3.63, 3.8) is 0 Å². The Morgan fingerprint density at radius 3 is 2.77 bits per heavy atom. The molecule has 5 heteroatoms. The predicted octanol–water partition coefficient (Wildman–Crippen LogP) is 2.36. The first-order valence-corrected chi connectivity index (χ1v) is 8.49. The summed E-state index contributed by atoms with van der Waals surface area (Å²) in [5.41, 5.74) is 1.01. The van der Waals surface area contributed by atoms with Gasteiger partial charge in [0.1, 0.15) is 13.2 Å². The van der Waals surface area contributed by atoms with Crippen molar-refractivity contribution >= 4 is 0 Å². The molecule has 22 heavy (non-hydrogen) atoms. The van der Waals surface area contributed by atoms with E-state index in [1.807, 2.05) is 6.07 Å². The molecule has 0 aliphatic carbocycles. The van der Waals surface area contributed by atoms with Gasteiger partial charge in [-0.05, 0) is 38.4 Å². The van der Waals surface area contributed by atoms with Crippen LogP contribution < -0.4 is 20.1 Å². The molecule has 0 spiro atoms. The van der Waals surface area contributed by atoms with Crippen LogP contribution in [0, 0.1) is 5.92 Å². The van der Waals surface area contributed by atoms with E-state index in [4.69, 9.17) is 9.47 Å². The lowest BCUT2D eigenvalue weighted by molar-refractivity contribution is 0.170. The van der Waals surface area contributed by atoms with Crippen LogP contribution in [0.2, 0.25) is 0 Å². The number of aromatic nitrogens is 1. The van der Waals surface area contributed by atoms with E-state index in [-0.39, 0.29) is 0 Å². The highest BCUT2D eigenvalue weighted by atomic mass is 16.6. The lowest BCUT2D eigenvalue weighted by Gasteiger charge is -2.23. The Labute approximate surface area is 133 Å². The van der Waals surface area contributed by atoms with E-state index < -0.39 is 0 Å². The fraction of sp³-hybridized carbons (Fsp3) is 0.706. The van der Waals surface area contributed by atoms with Gasteiger partial charge in [-0.3, -0.25) is 4.98 Å². The Kier molecular flexibility index (Phi) is 7.46. The maximum absolute atomic E-state index is 5.56. The van der Waals surface area contributed by atoms with Crippen LogP contribution in [-0.4, -0.2) is 37.8 Å². The zero-order chi connectivity index (χ0) is 15.6. The Balaban J connectivity index is 0.000000545. The molecule has 1 aromatic heterocycles. The van der Waals surface area contributed by atoms with Gasteiger partial charge in [0.15, 0.2) is 11.5 Å². The highest BCUT2D eigenvalue weighted by molar-refractivity contribution is 5.39. The zero-order valence-corrected chi connectivity index (χ0v) is 13.9. The summed E-state index contributed by atoms with van der Waals surface area (Å²) in [4.78, 5) is 4.39. The van der Waals surface area contributed by atoms with Gasteiger partial charge in [0, 0.05) is 12.6 Å². The Bertz CT molecular complexity index is 434. The SMILES string of the molecule is CCC.c1nc(CNCC2CCCNC2)cc2c1OCCO2. The van der Waals surface area contributed by atoms with E-state index in [0.29, 0.717) is 13.2 Å². The quantitative estimate of drug-likeness (QED) is 0.894. The zero-order valence-electron chi connectivity index (χ0n) is 13.9. The molecule has 0 radical (unpaired) electrons. The highest BCUT2D eigenvalue weighted by Gasteiger charge is 2.14. The van der Waals surface area contributed by atoms with E-state index in [2.05, 4.69) is 29.5 Å². The van der Waals surface area contributed by atoms with Gasteiger partial charge in [-0.15, -0.1) is 0 Å². The van der Waals surface area contributed by atoms with Crippen LogP contribution in [0.15, 0.2) is 12.3 Å². The van der Waals surface area contributed by atoms with E-state index in [1.54, 1.807) is 6.20 Å². The van der Waals surface area contributed by atoms with Crippen LogP contribution in [0.25, 0.3) is 0 Å². The van der Waals surface area contributed by atoms with Crippen LogP contribution in [0.4, 0.5) is 0 Å². The molecule has 3 rings (SSSR count). The van der Waals surface area contributed by atoms with E-state index >= 15 is 0 Å². The number of pyridine rings is 1. The maximum atomic E-state index is 5.56. The Morgan fingerprint density at radius 2 is 2.05 bits per heavy atom. The molecule has 0 amide bonds. The largest absolute Gasteiger partial charge is 0.486 e. The van der Waals surface area contributed by atoms with Crippen molar-refractivity contribution in [2.24, 2.45) is 5.92 Å². The summed E-state index contributed by atoms with van der Waals surface area (Å²) in [7, 11) is 0. The molecule has 5 nitrogen and oxygen atoms in total. The van der Waals surface area contributed by atoms with Gasteiger partial charge >= 0.3 is 0 Å². The second-order valence-corrected chi connectivity index (χ2v) is 5.87. The molecule has 1 aromatic rings. The first-order valence-electron chi connectivity index (χ1n) is 8.49. The molecule has 2 aliphatic rings. The van der Waals surface area contributed by atoms with Crippen molar-refractivity contribution < 1.29 is 9.47 Å². The molecule has 0 aromatic carbocycles. The van der Waals surface area contributed by atoms with Crippen LogP contribution >= 0.6 is 0 Å². The average molecular weight is 307 g/mol. The van der Waals surface area contributed by atoms with Crippen molar-refractivity contribution in [2.45, 2.75) is 39.7 Å². The molecule has 124 valence electrons. The van der Waals surface area contributed by atoms with Gasteiger partial charge < -0.3 is 20.1 Å². The van der Waals surface area contributed by atoms with Crippen molar-refractivity contribution in [2.75, 3.05) is 32.8 Å². The van der Waals surface area contributed by atoms with Crippen LogP contribution in [0.1, 0.15) is 38.8 Å². The third-order valence-electron chi connectivity index (χ3n) is 3.62. The van der Waals surface area contributed by atoms with Crippen molar-refractivity contribution in [3.8, 4) is 11.5 Å². The first kappa shape index (κ1) is 17.0. The number of fused-ring (bicyclic) bond motifs is 1. The lowest BCUT2D eigenvalue weighted by Crippen LogP contribution is -2.35. The van der Waals surface area contributed by atoms with Gasteiger partial charge in [-0.2, -0.15) is 0 Å². The number of ether oxygens (including phenoxy) is 2. The lowest BCUT2D eigenvalue weighted by atomic mass is 10.00. The summed E-state index contributed by atoms with van der Waals surface area (Å²) in [6, 6.07) is 1.97. The van der Waals surface area contributed by atoms with Crippen LogP contribution in [-0.2, 0) is 6.54 Å². The summed E-state index contributed by atoms with van der Waals surface area (Å²) < 4.78 is 11.0. The van der Waals surface area contributed by atoms with E-state index in [0.717, 1.165) is 42.7 Å². The second kappa shape index (κ2) is 9.64. The van der Waals surface area contributed by atoms with E-state index in [9.17, 15) is 0 Å². The van der Waals surface area contributed by atoms with Gasteiger partial charge in [0.2, 0.25) is 0 Å². The normalized spacial score (nSPS) is 20.0. The van der Waals surface area contributed by atoms with Crippen molar-refractivity contribution in [1.29, 1.82) is 0 Å². The van der Waals surface area contributed by atoms with Gasteiger partial charge in [0.05, 0.1) is 11.9 Å². The first-order chi connectivity index (χ1) is 10.8. The maximum Gasteiger partial charge on any atom is 0.179 e. The summed E-state index contributed by atoms with van der Waals surface area (Å²) >= 11 is 0. The molecule has 1 fully saturated rings. The monoisotopic (exact) mass is 307 g/mol. The standard InChI is InChI=1S/C14H21N3O2.C3H8/c1-2-11(7-15-3-1)8-16-9-12-6-13-14(10-17-12)19-5-4-18-13;1-3-2/h6,10-11,15-16H,1-5,7-9H2;3H2,1-2H3. The molecule has 0 saturated carbocycles. The minimum absolute atomic E-state index is 0.612. The second-order valence-electron chi connectivity index (χ2n) is 5.87. The summed E-state index contributed by atoms with van der Waals surface area (Å²) in [6.45, 7) is 9.61. The van der Waals surface area contributed by atoms with Gasteiger partial charge in [0.25, 0.3) is 0 Å². The predicted molar refractivity (Wildman–Crippen MR) is 88.5 cm³/mol. The topological polar surface area (TPSA) is 55.4 Å². The molecule has 2 N–H and O–H groups in total. The van der Waals surface area contributed by atoms with Gasteiger partial charge in [-0.25, -0.2) is 0 Å². The molecular formula is C17H29N3O2. The summed E-state index contributed by atoms with van der Waals surface area (Å²) in [6.07, 6.45) is 5.61.